The zero-order chi connectivity index (χ0) is 23.1. The summed E-state index contributed by atoms with van der Waals surface area (Å²) in [6.45, 7) is 8.38. The molecule has 0 fully saturated rings. The Balaban J connectivity index is 1.60. The first kappa shape index (κ1) is 21.1. The fourth-order valence-electron chi connectivity index (χ4n) is 3.92. The molecule has 1 amide bonds. The normalized spacial score (nSPS) is 11.3. The number of hydrogen-bond acceptors (Lipinski definition) is 5. The first-order valence-electron chi connectivity index (χ1n) is 10.7. The molecule has 8 heteroatoms. The minimum Gasteiger partial charge on any atom is -0.348 e. The smallest absolute Gasteiger partial charge is 0.253 e. The molecule has 0 saturated carbocycles. The van der Waals surface area contributed by atoms with Gasteiger partial charge in [0, 0.05) is 41.4 Å². The zero-order valence-electron chi connectivity index (χ0n) is 19.0. The molecule has 7 nitrogen and oxygen atoms in total. The molecule has 166 valence electrons. The Morgan fingerprint density at radius 3 is 2.52 bits per heavy atom. The third-order valence-corrected chi connectivity index (χ3v) is 6.65. The van der Waals surface area contributed by atoms with Crippen molar-refractivity contribution in [3.05, 3.63) is 88.3 Å². The van der Waals surface area contributed by atoms with Gasteiger partial charge < -0.3 is 5.32 Å². The highest BCUT2D eigenvalue weighted by Gasteiger charge is 2.18. The highest BCUT2D eigenvalue weighted by atomic mass is 32.1. The van der Waals surface area contributed by atoms with Crippen LogP contribution in [0.2, 0.25) is 0 Å². The van der Waals surface area contributed by atoms with Gasteiger partial charge in [0.15, 0.2) is 5.65 Å². The number of hydrogen-bond donors (Lipinski definition) is 1. The SMILES string of the molecule is Cc1ccc(CNC(=O)c2cc(-n3c(C)cnc3C)c3ncc(-c4ccc(C)s4)n3c2)cn1. The van der Waals surface area contributed by atoms with E-state index in [9.17, 15) is 4.79 Å². The van der Waals surface area contributed by atoms with Crippen molar-refractivity contribution in [1.29, 1.82) is 0 Å². The van der Waals surface area contributed by atoms with Crippen molar-refractivity contribution < 1.29 is 4.79 Å². The van der Waals surface area contributed by atoms with Crippen LogP contribution in [0.1, 0.15) is 38.0 Å². The fourth-order valence-corrected chi connectivity index (χ4v) is 4.80. The Kier molecular flexibility index (Phi) is 5.30. The fraction of sp³-hybridized carbons (Fsp3) is 0.200. The molecular weight excluding hydrogens is 432 g/mol. The maximum absolute atomic E-state index is 13.2. The second-order valence-corrected chi connectivity index (χ2v) is 9.42. The zero-order valence-corrected chi connectivity index (χ0v) is 19.8. The summed E-state index contributed by atoms with van der Waals surface area (Å²) in [5.41, 5.74) is 5.99. The van der Waals surface area contributed by atoms with Gasteiger partial charge in [0.05, 0.1) is 28.0 Å². The van der Waals surface area contributed by atoms with Crippen molar-refractivity contribution in [2.24, 2.45) is 0 Å². The number of pyridine rings is 2. The average molecular weight is 457 g/mol. The number of amides is 1. The van der Waals surface area contributed by atoms with Crippen LogP contribution >= 0.6 is 11.3 Å². The van der Waals surface area contributed by atoms with Gasteiger partial charge in [-0.1, -0.05) is 6.07 Å². The molecule has 0 aliphatic heterocycles. The molecule has 5 heterocycles. The van der Waals surface area contributed by atoms with Crippen LogP contribution in [0.4, 0.5) is 0 Å². The predicted molar refractivity (Wildman–Crippen MR) is 130 cm³/mol. The molecule has 0 radical (unpaired) electrons. The quantitative estimate of drug-likeness (QED) is 0.412. The van der Waals surface area contributed by atoms with Crippen LogP contribution in [0.25, 0.3) is 21.9 Å². The van der Waals surface area contributed by atoms with E-state index < -0.39 is 0 Å². The van der Waals surface area contributed by atoms with Gasteiger partial charge in [-0.05, 0) is 57.5 Å². The van der Waals surface area contributed by atoms with Crippen LogP contribution in [-0.4, -0.2) is 29.8 Å². The van der Waals surface area contributed by atoms with Crippen molar-refractivity contribution in [3.8, 4) is 16.3 Å². The molecule has 5 aromatic rings. The number of nitrogens with zero attached hydrogens (tertiary/aromatic N) is 5. The van der Waals surface area contributed by atoms with E-state index in [4.69, 9.17) is 4.98 Å². The van der Waals surface area contributed by atoms with Crippen LogP contribution in [0, 0.1) is 27.7 Å². The molecule has 5 aromatic heterocycles. The first-order chi connectivity index (χ1) is 15.9. The van der Waals surface area contributed by atoms with Gasteiger partial charge in [-0.25, -0.2) is 9.97 Å². The van der Waals surface area contributed by atoms with E-state index in [1.807, 2.05) is 66.5 Å². The summed E-state index contributed by atoms with van der Waals surface area (Å²) in [7, 11) is 0. The Bertz CT molecular complexity index is 1460. The molecule has 33 heavy (non-hydrogen) atoms. The van der Waals surface area contributed by atoms with Gasteiger partial charge in [-0.15, -0.1) is 11.3 Å². The van der Waals surface area contributed by atoms with Crippen LogP contribution in [-0.2, 0) is 6.54 Å². The van der Waals surface area contributed by atoms with Gasteiger partial charge in [-0.2, -0.15) is 0 Å². The molecule has 0 bridgehead atoms. The molecule has 5 rings (SSSR count). The lowest BCUT2D eigenvalue weighted by molar-refractivity contribution is 0.0950. The summed E-state index contributed by atoms with van der Waals surface area (Å²) < 4.78 is 4.04. The summed E-state index contributed by atoms with van der Waals surface area (Å²) in [6.07, 6.45) is 7.34. The first-order valence-corrected chi connectivity index (χ1v) is 11.5. The number of aryl methyl sites for hydroxylation is 4. The topological polar surface area (TPSA) is 77.1 Å². The van der Waals surface area contributed by atoms with Crippen LogP contribution < -0.4 is 5.32 Å². The van der Waals surface area contributed by atoms with Crippen LogP contribution in [0.3, 0.4) is 0 Å². The highest BCUT2D eigenvalue weighted by molar-refractivity contribution is 7.15. The second kappa shape index (κ2) is 8.29. The molecule has 0 atom stereocenters. The summed E-state index contributed by atoms with van der Waals surface area (Å²) in [5, 5.41) is 3.02. The van der Waals surface area contributed by atoms with Crippen molar-refractivity contribution in [1.82, 2.24) is 29.2 Å². The van der Waals surface area contributed by atoms with E-state index in [-0.39, 0.29) is 5.91 Å². The van der Waals surface area contributed by atoms with E-state index >= 15 is 0 Å². The standard InChI is InChI=1S/C25H24N6OS/c1-15-5-7-19(11-26-15)12-29-25(32)20-9-21(31-16(2)10-27-18(31)4)24-28-13-22(30(24)14-20)23-8-6-17(3)33-23/h5-11,13-14H,12H2,1-4H3,(H,29,32). The molecule has 0 aromatic carbocycles. The second-order valence-electron chi connectivity index (χ2n) is 8.13. The minimum absolute atomic E-state index is 0.156. The lowest BCUT2D eigenvalue weighted by Gasteiger charge is -2.13. The van der Waals surface area contributed by atoms with E-state index in [1.165, 1.54) is 4.88 Å². The molecular formula is C25H24N6OS. The summed E-state index contributed by atoms with van der Waals surface area (Å²) >= 11 is 1.71. The number of carbonyl (C=O) groups is 1. The van der Waals surface area contributed by atoms with Crippen molar-refractivity contribution >= 4 is 22.9 Å². The van der Waals surface area contributed by atoms with E-state index in [1.54, 1.807) is 17.5 Å². The van der Waals surface area contributed by atoms with Gasteiger partial charge in [0.25, 0.3) is 5.91 Å². The van der Waals surface area contributed by atoms with Crippen molar-refractivity contribution in [2.75, 3.05) is 0 Å². The molecule has 0 spiro atoms. The number of imidazole rings is 2. The Labute approximate surface area is 195 Å². The van der Waals surface area contributed by atoms with Crippen LogP contribution in [0.5, 0.6) is 0 Å². The number of rotatable bonds is 5. The molecule has 0 aliphatic carbocycles. The summed E-state index contributed by atoms with van der Waals surface area (Å²) in [6, 6.07) is 9.99. The molecule has 0 aliphatic rings. The maximum Gasteiger partial charge on any atom is 0.253 e. The summed E-state index contributed by atoms with van der Waals surface area (Å²) in [5.74, 6) is 0.686. The highest BCUT2D eigenvalue weighted by Crippen LogP contribution is 2.31. The minimum atomic E-state index is -0.156. The lowest BCUT2D eigenvalue weighted by Crippen LogP contribution is -2.23. The Hall–Kier alpha value is -3.78. The summed E-state index contributed by atoms with van der Waals surface area (Å²) in [4.78, 5) is 29.0. The van der Waals surface area contributed by atoms with Gasteiger partial charge in [-0.3, -0.25) is 18.7 Å². The monoisotopic (exact) mass is 456 g/mol. The van der Waals surface area contributed by atoms with E-state index in [0.29, 0.717) is 12.1 Å². The number of carbonyl (C=O) groups excluding carboxylic acids is 1. The maximum atomic E-state index is 13.2. The van der Waals surface area contributed by atoms with Crippen molar-refractivity contribution in [3.63, 3.8) is 0 Å². The molecule has 0 saturated heterocycles. The third-order valence-electron chi connectivity index (χ3n) is 5.62. The average Bonchev–Trinajstić information content (AvgIpc) is 3.51. The van der Waals surface area contributed by atoms with Gasteiger partial charge in [0.2, 0.25) is 0 Å². The van der Waals surface area contributed by atoms with Crippen molar-refractivity contribution in [2.45, 2.75) is 34.2 Å². The lowest BCUT2D eigenvalue weighted by atomic mass is 10.2. The number of thiophene rings is 1. The molecule has 1 N–H and O–H groups in total. The van der Waals surface area contributed by atoms with E-state index in [2.05, 4.69) is 34.3 Å². The predicted octanol–water partition coefficient (Wildman–Crippen LogP) is 4.81. The van der Waals surface area contributed by atoms with Gasteiger partial charge >= 0.3 is 0 Å². The van der Waals surface area contributed by atoms with Gasteiger partial charge in [0.1, 0.15) is 5.82 Å². The Morgan fingerprint density at radius 2 is 1.85 bits per heavy atom. The number of aromatic nitrogens is 5. The van der Waals surface area contributed by atoms with Crippen LogP contribution in [0.15, 0.2) is 55.1 Å². The third kappa shape index (κ3) is 3.93. The number of fused-ring (bicyclic) bond motifs is 1. The largest absolute Gasteiger partial charge is 0.348 e. The number of nitrogens with one attached hydrogen (secondary N) is 1. The van der Waals surface area contributed by atoms with E-state index in [0.717, 1.165) is 44.7 Å². The molecule has 0 unspecified atom stereocenters. The Morgan fingerprint density at radius 1 is 1.00 bits per heavy atom.